The van der Waals surface area contributed by atoms with Crippen molar-refractivity contribution in [2.24, 2.45) is 5.41 Å². The summed E-state index contributed by atoms with van der Waals surface area (Å²) in [6.07, 6.45) is 5.00. The molecule has 8 heteroatoms. The summed E-state index contributed by atoms with van der Waals surface area (Å²) >= 11 is 1.48. The minimum absolute atomic E-state index is 0.0685. The second kappa shape index (κ2) is 11.5. The van der Waals surface area contributed by atoms with E-state index in [-0.39, 0.29) is 22.9 Å². The molecule has 3 aromatic rings. The van der Waals surface area contributed by atoms with Crippen molar-refractivity contribution in [1.82, 2.24) is 14.5 Å². The topological polar surface area (TPSA) is 81.5 Å². The van der Waals surface area contributed by atoms with E-state index in [1.807, 2.05) is 38.3 Å². The van der Waals surface area contributed by atoms with Crippen LogP contribution < -0.4 is 5.56 Å². The summed E-state index contributed by atoms with van der Waals surface area (Å²) in [5.41, 5.74) is 5.98. The number of Topliss-reactive ketones (excluding diaryl/α,β-unsaturated/α-hetero) is 1. The Morgan fingerprint density at radius 3 is 2.33 bits per heavy atom. The fraction of sp³-hybridized carbons (Fsp3) is 0.486. The van der Waals surface area contributed by atoms with Gasteiger partial charge in [-0.3, -0.25) is 14.2 Å². The van der Waals surface area contributed by atoms with Gasteiger partial charge in [-0.1, -0.05) is 52.0 Å². The number of ketones is 1. The first kappa shape index (κ1) is 30.9. The van der Waals surface area contributed by atoms with Crippen molar-refractivity contribution < 1.29 is 14.3 Å². The van der Waals surface area contributed by atoms with Crippen LogP contribution in [0.2, 0.25) is 0 Å². The zero-order valence-corrected chi connectivity index (χ0v) is 27.5. The molecule has 5 rings (SSSR count). The van der Waals surface area contributed by atoms with Crippen LogP contribution >= 0.6 is 11.3 Å². The molecule has 0 radical (unpaired) electrons. The van der Waals surface area contributed by atoms with Crippen LogP contribution in [0.4, 0.5) is 4.79 Å². The molecule has 43 heavy (non-hydrogen) atoms. The lowest BCUT2D eigenvalue weighted by Gasteiger charge is -2.33. The molecule has 7 nitrogen and oxygen atoms in total. The number of rotatable bonds is 5. The number of pyridine rings is 1. The fourth-order valence-corrected chi connectivity index (χ4v) is 7.15. The van der Waals surface area contributed by atoms with E-state index in [2.05, 4.69) is 45.9 Å². The van der Waals surface area contributed by atoms with E-state index in [4.69, 9.17) is 9.72 Å². The zero-order chi connectivity index (χ0) is 31.3. The molecule has 2 aromatic heterocycles. The first-order valence-corrected chi connectivity index (χ1v) is 16.1. The van der Waals surface area contributed by atoms with Crippen molar-refractivity contribution in [3.63, 3.8) is 0 Å². The molecule has 0 atom stereocenters. The van der Waals surface area contributed by atoms with Crippen LogP contribution in [-0.2, 0) is 24.0 Å². The van der Waals surface area contributed by atoms with E-state index in [0.29, 0.717) is 48.5 Å². The van der Waals surface area contributed by atoms with Gasteiger partial charge in [-0.05, 0) is 81.6 Å². The number of nitrogens with zero attached hydrogens (tertiary/aromatic N) is 3. The molecule has 3 heterocycles. The number of amides is 1. The first-order chi connectivity index (χ1) is 20.2. The number of aryl methyl sites for hydroxylation is 3. The van der Waals surface area contributed by atoms with E-state index >= 15 is 0 Å². The van der Waals surface area contributed by atoms with Crippen molar-refractivity contribution in [2.45, 2.75) is 93.1 Å². The van der Waals surface area contributed by atoms with Gasteiger partial charge in [0.1, 0.15) is 10.6 Å². The number of carbonyl (C=O) groups excluding carboxylic acids is 2. The highest BCUT2D eigenvalue weighted by Gasteiger charge is 2.35. The Morgan fingerprint density at radius 1 is 1.07 bits per heavy atom. The molecular formula is C35H43N3O4S. The molecule has 1 amide bonds. The molecule has 1 aliphatic carbocycles. The summed E-state index contributed by atoms with van der Waals surface area (Å²) < 4.78 is 7.39. The zero-order valence-electron chi connectivity index (χ0n) is 26.7. The third-order valence-electron chi connectivity index (χ3n) is 8.27. The molecule has 0 unspecified atom stereocenters. The van der Waals surface area contributed by atoms with Gasteiger partial charge in [0.2, 0.25) is 0 Å². The minimum atomic E-state index is -0.546. The summed E-state index contributed by atoms with van der Waals surface area (Å²) in [5, 5.41) is 0.620. The highest BCUT2D eigenvalue weighted by molar-refractivity contribution is 7.15. The summed E-state index contributed by atoms with van der Waals surface area (Å²) in [6, 6.07) is 8.01. The minimum Gasteiger partial charge on any atom is -0.444 e. The quantitative estimate of drug-likeness (QED) is 0.301. The Morgan fingerprint density at radius 2 is 1.74 bits per heavy atom. The Kier molecular flexibility index (Phi) is 8.29. The van der Waals surface area contributed by atoms with Crippen LogP contribution in [0.1, 0.15) is 99.1 Å². The maximum absolute atomic E-state index is 14.6. The molecule has 0 N–H and O–H groups in total. The standard InChI is InChI=1S/C35H43N3O4S/c1-9-22-12-11-13-23(10-2)30(22)38-27-19-35(7,8)20-28(39)25(27)18-26(32(38)40)31-36-29(21(3)43-31)24-14-16-37(17-15-24)33(41)42-34(4,5)6/h11-14,18H,9-10,15-17,19-20H2,1-8H3. The predicted octanol–water partition coefficient (Wildman–Crippen LogP) is 7.57. The second-order valence-corrected chi connectivity index (χ2v) is 14.7. The second-order valence-electron chi connectivity index (χ2n) is 13.5. The van der Waals surface area contributed by atoms with Gasteiger partial charge in [-0.15, -0.1) is 11.3 Å². The summed E-state index contributed by atoms with van der Waals surface area (Å²) in [7, 11) is 0. The maximum Gasteiger partial charge on any atom is 0.410 e. The molecule has 0 bridgehead atoms. The van der Waals surface area contributed by atoms with Crippen molar-refractivity contribution in [3.8, 4) is 16.3 Å². The summed E-state index contributed by atoms with van der Waals surface area (Å²) in [6.45, 7) is 17.0. The number of aromatic nitrogens is 2. The van der Waals surface area contributed by atoms with Gasteiger partial charge in [-0.25, -0.2) is 9.78 Å². The van der Waals surface area contributed by atoms with Gasteiger partial charge in [0.15, 0.2) is 5.78 Å². The number of hydrogen-bond acceptors (Lipinski definition) is 6. The van der Waals surface area contributed by atoms with E-state index in [0.717, 1.165) is 51.5 Å². The molecule has 0 spiro atoms. The molecule has 0 saturated carbocycles. The van der Waals surface area contributed by atoms with Gasteiger partial charge in [0.05, 0.1) is 16.9 Å². The monoisotopic (exact) mass is 601 g/mol. The van der Waals surface area contributed by atoms with Crippen molar-refractivity contribution in [1.29, 1.82) is 0 Å². The van der Waals surface area contributed by atoms with Crippen LogP contribution in [0.5, 0.6) is 0 Å². The highest BCUT2D eigenvalue weighted by Crippen LogP contribution is 2.39. The van der Waals surface area contributed by atoms with Gasteiger partial charge >= 0.3 is 6.09 Å². The number of ether oxygens (including phenoxy) is 1. The number of benzene rings is 1. The lowest BCUT2D eigenvalue weighted by molar-refractivity contribution is 0.0270. The van der Waals surface area contributed by atoms with Gasteiger partial charge in [0, 0.05) is 35.6 Å². The van der Waals surface area contributed by atoms with E-state index in [1.165, 1.54) is 11.3 Å². The van der Waals surface area contributed by atoms with E-state index in [9.17, 15) is 14.4 Å². The average molecular weight is 602 g/mol. The van der Waals surface area contributed by atoms with Crippen molar-refractivity contribution in [3.05, 3.63) is 73.7 Å². The lowest BCUT2D eigenvalue weighted by Crippen LogP contribution is -2.39. The molecule has 1 aromatic carbocycles. The molecule has 0 fully saturated rings. The first-order valence-electron chi connectivity index (χ1n) is 15.3. The third-order valence-corrected chi connectivity index (χ3v) is 9.27. The lowest BCUT2D eigenvalue weighted by atomic mass is 9.75. The Balaban J connectivity index is 1.62. The molecule has 0 saturated heterocycles. The van der Waals surface area contributed by atoms with Crippen LogP contribution in [0, 0.1) is 12.3 Å². The average Bonchev–Trinajstić information content (AvgIpc) is 3.32. The molecule has 2 aliphatic rings. The summed E-state index contributed by atoms with van der Waals surface area (Å²) in [4.78, 5) is 48.4. The van der Waals surface area contributed by atoms with Crippen LogP contribution in [0.25, 0.3) is 21.8 Å². The van der Waals surface area contributed by atoms with Crippen LogP contribution in [-0.4, -0.2) is 45.0 Å². The molecular weight excluding hydrogens is 558 g/mol. The SMILES string of the molecule is CCc1cccc(CC)c1-n1c2c(cc(-c3nc(C4=CCN(C(=O)OC(C)(C)C)CC4)c(C)s3)c1=O)C(=O)CC(C)(C)C2. The van der Waals surface area contributed by atoms with E-state index in [1.54, 1.807) is 11.0 Å². The maximum atomic E-state index is 14.6. The highest BCUT2D eigenvalue weighted by atomic mass is 32.1. The molecule has 1 aliphatic heterocycles. The van der Waals surface area contributed by atoms with E-state index < -0.39 is 5.60 Å². The van der Waals surface area contributed by atoms with Crippen LogP contribution in [0.15, 0.2) is 35.1 Å². The Labute approximate surface area is 258 Å². The van der Waals surface area contributed by atoms with Crippen molar-refractivity contribution >= 4 is 28.8 Å². The fourth-order valence-electron chi connectivity index (χ4n) is 6.19. The third kappa shape index (κ3) is 6.12. The van der Waals surface area contributed by atoms with Crippen molar-refractivity contribution in [2.75, 3.05) is 13.1 Å². The normalized spacial score (nSPS) is 16.6. The number of fused-ring (bicyclic) bond motifs is 1. The number of hydrogen-bond donors (Lipinski definition) is 0. The number of thiazole rings is 1. The van der Waals surface area contributed by atoms with Gasteiger partial charge in [0.25, 0.3) is 5.56 Å². The largest absolute Gasteiger partial charge is 0.444 e. The Hall–Kier alpha value is -3.52. The van der Waals surface area contributed by atoms with Gasteiger partial charge in [-0.2, -0.15) is 0 Å². The smallest absolute Gasteiger partial charge is 0.410 e. The van der Waals surface area contributed by atoms with Gasteiger partial charge < -0.3 is 9.64 Å². The summed E-state index contributed by atoms with van der Waals surface area (Å²) in [5.74, 6) is 0.0685. The molecule has 228 valence electrons. The van der Waals surface area contributed by atoms with Crippen LogP contribution in [0.3, 0.4) is 0 Å². The number of para-hydroxylation sites is 1. The Bertz CT molecular complexity index is 1660. The predicted molar refractivity (Wildman–Crippen MR) is 173 cm³/mol. The number of carbonyl (C=O) groups is 2.